The van der Waals surface area contributed by atoms with E-state index in [9.17, 15) is 14.0 Å². The highest BCUT2D eigenvalue weighted by molar-refractivity contribution is 5.94. The lowest BCUT2D eigenvalue weighted by molar-refractivity contribution is -0.130. The Hall–Kier alpha value is -2.69. The fraction of sp³-hybridized carbons (Fsp3) is 0.364. The molecule has 1 heterocycles. The van der Waals surface area contributed by atoms with E-state index in [4.69, 9.17) is 0 Å². The molecule has 1 saturated heterocycles. The van der Waals surface area contributed by atoms with Crippen LogP contribution in [0, 0.1) is 19.7 Å². The van der Waals surface area contributed by atoms with Crippen molar-refractivity contribution in [2.75, 3.05) is 26.2 Å². The van der Waals surface area contributed by atoms with Gasteiger partial charge in [-0.2, -0.15) is 0 Å². The molecule has 0 saturated carbocycles. The van der Waals surface area contributed by atoms with Gasteiger partial charge >= 0.3 is 0 Å². The van der Waals surface area contributed by atoms with Crippen LogP contribution in [0.15, 0.2) is 42.5 Å². The second-order valence-electron chi connectivity index (χ2n) is 7.15. The quantitative estimate of drug-likeness (QED) is 0.834. The van der Waals surface area contributed by atoms with Gasteiger partial charge in [0.1, 0.15) is 5.82 Å². The number of benzene rings is 2. The number of nitrogens with zero attached hydrogens (tertiary/aromatic N) is 2. The zero-order valence-corrected chi connectivity index (χ0v) is 15.9. The van der Waals surface area contributed by atoms with E-state index in [1.54, 1.807) is 17.9 Å². The summed E-state index contributed by atoms with van der Waals surface area (Å²) in [5.41, 5.74) is 3.13. The van der Waals surface area contributed by atoms with Gasteiger partial charge in [-0.15, -0.1) is 0 Å². The molecule has 0 unspecified atom stereocenters. The standard InChI is InChI=1S/C22H25FN2O2/c1-16-4-6-18(7-5-16)15-21(26)24-10-3-11-25(13-12-24)22(27)19-8-9-20(23)17(2)14-19/h4-9,14H,3,10-13,15H2,1-2H3. The molecule has 0 atom stereocenters. The molecule has 0 spiro atoms. The van der Waals surface area contributed by atoms with Gasteiger partial charge in [0.25, 0.3) is 5.91 Å². The maximum absolute atomic E-state index is 13.4. The third kappa shape index (κ3) is 4.73. The number of aryl methyl sites for hydroxylation is 2. The first-order valence-corrected chi connectivity index (χ1v) is 9.33. The van der Waals surface area contributed by atoms with Crippen molar-refractivity contribution in [2.24, 2.45) is 0 Å². The molecule has 5 heteroatoms. The van der Waals surface area contributed by atoms with Crippen LogP contribution in [0.2, 0.25) is 0 Å². The summed E-state index contributed by atoms with van der Waals surface area (Å²) in [5.74, 6) is -0.327. The lowest BCUT2D eigenvalue weighted by atomic mass is 10.1. The van der Waals surface area contributed by atoms with Crippen LogP contribution in [-0.4, -0.2) is 47.8 Å². The molecule has 0 bridgehead atoms. The largest absolute Gasteiger partial charge is 0.341 e. The summed E-state index contributed by atoms with van der Waals surface area (Å²) >= 11 is 0. The molecule has 2 amide bonds. The molecule has 2 aromatic carbocycles. The molecule has 1 aliphatic rings. The van der Waals surface area contributed by atoms with Crippen molar-refractivity contribution in [2.45, 2.75) is 26.7 Å². The van der Waals surface area contributed by atoms with Gasteiger partial charge in [0.15, 0.2) is 0 Å². The van der Waals surface area contributed by atoms with Gasteiger partial charge in [-0.1, -0.05) is 29.8 Å². The zero-order valence-electron chi connectivity index (χ0n) is 15.9. The highest BCUT2D eigenvalue weighted by Gasteiger charge is 2.23. The highest BCUT2D eigenvalue weighted by Crippen LogP contribution is 2.14. The zero-order chi connectivity index (χ0) is 19.4. The summed E-state index contributed by atoms with van der Waals surface area (Å²) in [5, 5.41) is 0. The molecule has 2 aromatic rings. The van der Waals surface area contributed by atoms with Crippen LogP contribution in [0.4, 0.5) is 4.39 Å². The van der Waals surface area contributed by atoms with Crippen LogP contribution < -0.4 is 0 Å². The van der Waals surface area contributed by atoms with Crippen LogP contribution in [0.25, 0.3) is 0 Å². The van der Waals surface area contributed by atoms with E-state index >= 15 is 0 Å². The topological polar surface area (TPSA) is 40.6 Å². The van der Waals surface area contributed by atoms with Crippen molar-refractivity contribution in [3.05, 3.63) is 70.5 Å². The summed E-state index contributed by atoms with van der Waals surface area (Å²) in [6.07, 6.45) is 1.12. The minimum atomic E-state index is -0.310. The van der Waals surface area contributed by atoms with Gasteiger partial charge in [0, 0.05) is 31.7 Å². The van der Waals surface area contributed by atoms with Crippen LogP contribution in [0.1, 0.15) is 33.5 Å². The predicted octanol–water partition coefficient (Wildman–Crippen LogP) is 3.36. The van der Waals surface area contributed by atoms with Gasteiger partial charge in [0.2, 0.25) is 5.91 Å². The first-order valence-electron chi connectivity index (χ1n) is 9.33. The molecule has 0 radical (unpaired) electrons. The fourth-order valence-corrected chi connectivity index (χ4v) is 3.32. The average molecular weight is 368 g/mol. The lowest BCUT2D eigenvalue weighted by Gasteiger charge is -2.22. The summed E-state index contributed by atoms with van der Waals surface area (Å²) in [7, 11) is 0. The monoisotopic (exact) mass is 368 g/mol. The SMILES string of the molecule is Cc1ccc(CC(=O)N2CCCN(C(=O)c3ccc(F)c(C)c3)CC2)cc1. The summed E-state index contributed by atoms with van der Waals surface area (Å²) < 4.78 is 13.4. The van der Waals surface area contributed by atoms with E-state index in [0.717, 1.165) is 12.0 Å². The Labute approximate surface area is 159 Å². The highest BCUT2D eigenvalue weighted by atomic mass is 19.1. The summed E-state index contributed by atoms with van der Waals surface area (Å²) in [4.78, 5) is 28.9. The van der Waals surface area contributed by atoms with Gasteiger partial charge in [-0.05, 0) is 49.6 Å². The van der Waals surface area contributed by atoms with Crippen molar-refractivity contribution in [1.82, 2.24) is 9.80 Å². The number of carbonyl (C=O) groups excluding carboxylic acids is 2. The second-order valence-corrected chi connectivity index (χ2v) is 7.15. The van der Waals surface area contributed by atoms with Crippen LogP contribution in [0.5, 0.6) is 0 Å². The lowest BCUT2D eigenvalue weighted by Crippen LogP contribution is -2.38. The number of hydrogen-bond donors (Lipinski definition) is 0. The minimum absolute atomic E-state index is 0.0887. The minimum Gasteiger partial charge on any atom is -0.341 e. The molecular weight excluding hydrogens is 343 g/mol. The van der Waals surface area contributed by atoms with E-state index in [-0.39, 0.29) is 17.6 Å². The van der Waals surface area contributed by atoms with E-state index in [1.807, 2.05) is 36.1 Å². The average Bonchev–Trinajstić information content (AvgIpc) is 2.91. The van der Waals surface area contributed by atoms with E-state index in [2.05, 4.69) is 0 Å². The number of carbonyl (C=O) groups is 2. The van der Waals surface area contributed by atoms with E-state index < -0.39 is 0 Å². The Morgan fingerprint density at radius 1 is 0.926 bits per heavy atom. The Morgan fingerprint density at radius 3 is 2.30 bits per heavy atom. The Kier molecular flexibility index (Phi) is 5.89. The van der Waals surface area contributed by atoms with Gasteiger partial charge in [0.05, 0.1) is 6.42 Å². The Balaban J connectivity index is 1.60. The number of hydrogen-bond acceptors (Lipinski definition) is 2. The summed E-state index contributed by atoms with van der Waals surface area (Å²) in [6.45, 7) is 5.95. The predicted molar refractivity (Wildman–Crippen MR) is 103 cm³/mol. The van der Waals surface area contributed by atoms with Gasteiger partial charge in [-0.25, -0.2) is 4.39 Å². The molecule has 142 valence electrons. The molecule has 1 fully saturated rings. The third-order valence-electron chi connectivity index (χ3n) is 5.02. The summed E-state index contributed by atoms with van der Waals surface area (Å²) in [6, 6.07) is 12.4. The van der Waals surface area contributed by atoms with Crippen molar-refractivity contribution in [1.29, 1.82) is 0 Å². The van der Waals surface area contributed by atoms with Gasteiger partial charge in [-0.3, -0.25) is 9.59 Å². The van der Waals surface area contributed by atoms with Crippen LogP contribution in [-0.2, 0) is 11.2 Å². The maximum Gasteiger partial charge on any atom is 0.253 e. The van der Waals surface area contributed by atoms with E-state index in [1.165, 1.54) is 17.7 Å². The Morgan fingerprint density at radius 2 is 1.59 bits per heavy atom. The molecule has 0 aliphatic carbocycles. The van der Waals surface area contributed by atoms with Crippen molar-refractivity contribution >= 4 is 11.8 Å². The van der Waals surface area contributed by atoms with Crippen molar-refractivity contribution in [3.63, 3.8) is 0 Å². The Bertz CT molecular complexity index is 833. The second kappa shape index (κ2) is 8.33. The van der Waals surface area contributed by atoms with Crippen LogP contribution >= 0.6 is 0 Å². The smallest absolute Gasteiger partial charge is 0.253 e. The van der Waals surface area contributed by atoms with Crippen molar-refractivity contribution in [3.8, 4) is 0 Å². The number of halogens is 1. The van der Waals surface area contributed by atoms with Crippen molar-refractivity contribution < 1.29 is 14.0 Å². The maximum atomic E-state index is 13.4. The molecule has 1 aliphatic heterocycles. The normalized spacial score (nSPS) is 14.8. The van der Waals surface area contributed by atoms with Gasteiger partial charge < -0.3 is 9.80 Å². The first kappa shape index (κ1) is 19.1. The molecular formula is C22H25FN2O2. The number of amides is 2. The van der Waals surface area contributed by atoms with Crippen LogP contribution in [0.3, 0.4) is 0 Å². The molecule has 4 nitrogen and oxygen atoms in total. The number of rotatable bonds is 3. The third-order valence-corrected chi connectivity index (χ3v) is 5.02. The first-order chi connectivity index (χ1) is 12.9. The molecule has 27 heavy (non-hydrogen) atoms. The molecule has 3 rings (SSSR count). The molecule has 0 aromatic heterocycles. The fourth-order valence-electron chi connectivity index (χ4n) is 3.32. The van der Waals surface area contributed by atoms with E-state index in [0.29, 0.717) is 43.7 Å². The molecule has 0 N–H and O–H groups in total.